The van der Waals surface area contributed by atoms with Crippen molar-refractivity contribution in [3.63, 3.8) is 0 Å². The van der Waals surface area contributed by atoms with E-state index in [9.17, 15) is 13.6 Å². The Balaban J connectivity index is 2.25. The van der Waals surface area contributed by atoms with Gasteiger partial charge in [0.25, 0.3) is 6.43 Å². The molecule has 5 nitrogen and oxygen atoms in total. The minimum atomic E-state index is -2.63. The summed E-state index contributed by atoms with van der Waals surface area (Å²) in [5.41, 5.74) is 1.13. The number of aromatic nitrogens is 3. The summed E-state index contributed by atoms with van der Waals surface area (Å²) in [5.74, 6) is -0.864. The molecule has 0 radical (unpaired) electrons. The lowest BCUT2D eigenvalue weighted by Gasteiger charge is -2.07. The second-order valence-corrected chi connectivity index (χ2v) is 5.05. The SMILES string of the molecule is Cc1nn(CC(=O)O)c2nc(C3CC3)cc(C(F)F)c12. The molecule has 0 amide bonds. The Labute approximate surface area is 113 Å². The van der Waals surface area contributed by atoms with Crippen LogP contribution in [0.2, 0.25) is 0 Å². The quantitative estimate of drug-likeness (QED) is 0.935. The maximum absolute atomic E-state index is 13.2. The maximum atomic E-state index is 13.2. The van der Waals surface area contributed by atoms with Crippen LogP contribution in [-0.2, 0) is 11.3 Å². The first-order valence-corrected chi connectivity index (χ1v) is 6.35. The highest BCUT2D eigenvalue weighted by Gasteiger charge is 2.29. The predicted octanol–water partition coefficient (Wildman–Crippen LogP) is 2.64. The smallest absolute Gasteiger partial charge is 0.325 e. The zero-order valence-corrected chi connectivity index (χ0v) is 10.8. The van der Waals surface area contributed by atoms with Gasteiger partial charge >= 0.3 is 5.97 Å². The number of rotatable bonds is 4. The summed E-state index contributed by atoms with van der Waals surface area (Å²) in [5, 5.41) is 13.2. The highest BCUT2D eigenvalue weighted by atomic mass is 19.3. The van der Waals surface area contributed by atoms with Gasteiger partial charge in [0, 0.05) is 17.2 Å². The van der Waals surface area contributed by atoms with Crippen LogP contribution >= 0.6 is 0 Å². The minimum absolute atomic E-state index is 0.106. The molecule has 1 aliphatic rings. The summed E-state index contributed by atoms with van der Waals surface area (Å²) in [6.45, 7) is 1.21. The second-order valence-electron chi connectivity index (χ2n) is 5.05. The number of carboxylic acid groups (broad SMARTS) is 1. The topological polar surface area (TPSA) is 68.0 Å². The van der Waals surface area contributed by atoms with Gasteiger partial charge in [0.15, 0.2) is 5.65 Å². The van der Waals surface area contributed by atoms with Crippen molar-refractivity contribution >= 4 is 17.0 Å². The number of carboxylic acids is 1. The van der Waals surface area contributed by atoms with Gasteiger partial charge in [0.1, 0.15) is 6.54 Å². The molecule has 2 aromatic rings. The highest BCUT2D eigenvalue weighted by Crippen LogP contribution is 2.41. The van der Waals surface area contributed by atoms with E-state index in [1.807, 2.05) is 0 Å². The molecule has 1 aliphatic carbocycles. The van der Waals surface area contributed by atoms with Crippen molar-refractivity contribution in [1.29, 1.82) is 0 Å². The van der Waals surface area contributed by atoms with Crippen LogP contribution in [0.25, 0.3) is 11.0 Å². The third-order valence-corrected chi connectivity index (χ3v) is 3.44. The Morgan fingerprint density at radius 3 is 2.80 bits per heavy atom. The number of halogens is 2. The maximum Gasteiger partial charge on any atom is 0.325 e. The van der Waals surface area contributed by atoms with Gasteiger partial charge in [-0.2, -0.15) is 5.10 Å². The number of alkyl halides is 2. The lowest BCUT2D eigenvalue weighted by atomic mass is 10.1. The third kappa shape index (κ3) is 2.13. The van der Waals surface area contributed by atoms with Crippen LogP contribution < -0.4 is 0 Å². The molecule has 1 saturated carbocycles. The molecular weight excluding hydrogens is 268 g/mol. The lowest BCUT2D eigenvalue weighted by molar-refractivity contribution is -0.137. The summed E-state index contributed by atoms with van der Waals surface area (Å²) in [6, 6.07) is 1.43. The molecule has 0 atom stereocenters. The van der Waals surface area contributed by atoms with Crippen LogP contribution in [0.5, 0.6) is 0 Å². The number of aliphatic carboxylic acids is 1. The number of hydrogen-bond donors (Lipinski definition) is 1. The number of fused-ring (bicyclic) bond motifs is 1. The van der Waals surface area contributed by atoms with E-state index in [0.717, 1.165) is 12.8 Å². The molecule has 2 heterocycles. The molecule has 7 heteroatoms. The first-order valence-electron chi connectivity index (χ1n) is 6.35. The fourth-order valence-electron chi connectivity index (χ4n) is 2.41. The molecule has 3 rings (SSSR count). The molecule has 0 bridgehead atoms. The van der Waals surface area contributed by atoms with Gasteiger partial charge in [-0.15, -0.1) is 0 Å². The van der Waals surface area contributed by atoms with Crippen molar-refractivity contribution in [2.45, 2.75) is 38.7 Å². The van der Waals surface area contributed by atoms with E-state index in [1.54, 1.807) is 6.92 Å². The molecule has 1 fully saturated rings. The standard InChI is InChI=1S/C13H13F2N3O2/c1-6-11-8(12(14)15)4-9(7-2-3-7)16-13(11)18(17-6)5-10(19)20/h4,7,12H,2-3,5H2,1H3,(H,19,20). The van der Waals surface area contributed by atoms with Crippen LogP contribution in [0.15, 0.2) is 6.07 Å². The predicted molar refractivity (Wildman–Crippen MR) is 66.8 cm³/mol. The van der Waals surface area contributed by atoms with E-state index < -0.39 is 12.4 Å². The summed E-state index contributed by atoms with van der Waals surface area (Å²) >= 11 is 0. The first-order chi connectivity index (χ1) is 9.47. The van der Waals surface area contributed by atoms with Gasteiger partial charge in [-0.25, -0.2) is 18.4 Å². The fraction of sp³-hybridized carbons (Fsp3) is 0.462. The number of aryl methyl sites for hydroxylation is 1. The van der Waals surface area contributed by atoms with Gasteiger partial charge in [-0.1, -0.05) is 0 Å². The summed E-state index contributed by atoms with van der Waals surface area (Å²) in [4.78, 5) is 15.2. The van der Waals surface area contributed by atoms with E-state index >= 15 is 0 Å². The third-order valence-electron chi connectivity index (χ3n) is 3.44. The molecule has 0 aromatic carbocycles. The molecule has 0 saturated heterocycles. The zero-order valence-electron chi connectivity index (χ0n) is 10.8. The van der Waals surface area contributed by atoms with Crippen LogP contribution in [0.4, 0.5) is 8.78 Å². The summed E-state index contributed by atoms with van der Waals surface area (Å²) < 4.78 is 27.6. The first kappa shape index (κ1) is 13.0. The number of hydrogen-bond acceptors (Lipinski definition) is 3. The van der Waals surface area contributed by atoms with Crippen molar-refractivity contribution in [1.82, 2.24) is 14.8 Å². The van der Waals surface area contributed by atoms with Crippen LogP contribution in [0.3, 0.4) is 0 Å². The van der Waals surface area contributed by atoms with Crippen molar-refractivity contribution in [3.05, 3.63) is 23.0 Å². The molecule has 1 N–H and O–H groups in total. The Bertz CT molecular complexity index is 692. The van der Waals surface area contributed by atoms with Gasteiger partial charge in [-0.3, -0.25) is 4.79 Å². The molecule has 2 aromatic heterocycles. The van der Waals surface area contributed by atoms with E-state index in [2.05, 4.69) is 10.1 Å². The van der Waals surface area contributed by atoms with E-state index in [4.69, 9.17) is 5.11 Å². The van der Waals surface area contributed by atoms with Gasteiger partial charge in [-0.05, 0) is 25.8 Å². The average molecular weight is 281 g/mol. The Kier molecular flexibility index (Phi) is 2.92. The average Bonchev–Trinajstić information content (AvgIpc) is 3.15. The van der Waals surface area contributed by atoms with Crippen LogP contribution in [0.1, 0.15) is 42.1 Å². The van der Waals surface area contributed by atoms with Crippen molar-refractivity contribution in [3.8, 4) is 0 Å². The summed E-state index contributed by atoms with van der Waals surface area (Å²) in [7, 11) is 0. The van der Waals surface area contributed by atoms with Crippen LogP contribution in [0, 0.1) is 6.92 Å². The van der Waals surface area contributed by atoms with Crippen LogP contribution in [-0.4, -0.2) is 25.8 Å². The van der Waals surface area contributed by atoms with Gasteiger partial charge in [0.2, 0.25) is 0 Å². The Morgan fingerprint density at radius 1 is 1.55 bits per heavy atom. The Hall–Kier alpha value is -2.05. The molecule has 20 heavy (non-hydrogen) atoms. The monoisotopic (exact) mass is 281 g/mol. The fourth-order valence-corrected chi connectivity index (χ4v) is 2.41. The lowest BCUT2D eigenvalue weighted by Crippen LogP contribution is -2.11. The van der Waals surface area contributed by atoms with Gasteiger partial charge in [0.05, 0.1) is 11.1 Å². The molecule has 0 unspecified atom stereocenters. The normalized spacial score (nSPS) is 15.2. The Morgan fingerprint density at radius 2 is 2.25 bits per heavy atom. The zero-order chi connectivity index (χ0) is 14.4. The molecule has 0 spiro atoms. The summed E-state index contributed by atoms with van der Waals surface area (Å²) in [6.07, 6.45) is -0.750. The molecule has 106 valence electrons. The van der Waals surface area contributed by atoms with E-state index in [-0.39, 0.29) is 29.1 Å². The van der Waals surface area contributed by atoms with Crippen molar-refractivity contribution in [2.75, 3.05) is 0 Å². The number of nitrogens with zero attached hydrogens (tertiary/aromatic N) is 3. The number of pyridine rings is 1. The number of carbonyl (C=O) groups is 1. The van der Waals surface area contributed by atoms with Gasteiger partial charge < -0.3 is 5.11 Å². The largest absolute Gasteiger partial charge is 0.480 e. The molecule has 0 aliphatic heterocycles. The highest BCUT2D eigenvalue weighted by molar-refractivity contribution is 5.84. The van der Waals surface area contributed by atoms with Crippen molar-refractivity contribution in [2.24, 2.45) is 0 Å². The second kappa shape index (κ2) is 4.50. The molecular formula is C13H13F2N3O2. The van der Waals surface area contributed by atoms with E-state index in [1.165, 1.54) is 10.7 Å². The van der Waals surface area contributed by atoms with Crippen molar-refractivity contribution < 1.29 is 18.7 Å². The minimum Gasteiger partial charge on any atom is -0.480 e. The van der Waals surface area contributed by atoms with E-state index in [0.29, 0.717) is 11.4 Å².